The molecule has 0 saturated heterocycles. The lowest BCUT2D eigenvalue weighted by Gasteiger charge is -2.34. The van der Waals surface area contributed by atoms with E-state index in [0.29, 0.717) is 17.2 Å². The van der Waals surface area contributed by atoms with Gasteiger partial charge in [0.2, 0.25) is 0 Å². The zero-order valence-corrected chi connectivity index (χ0v) is 19.6. The maximum atomic E-state index is 12.8. The second-order valence-corrected chi connectivity index (χ2v) is 8.82. The normalized spacial score (nSPS) is 18.7. The fourth-order valence-electron chi connectivity index (χ4n) is 4.22. The third-order valence-corrected chi connectivity index (χ3v) is 6.28. The quantitative estimate of drug-likeness (QED) is 0.253. The first-order valence-corrected chi connectivity index (χ1v) is 11.7. The zero-order chi connectivity index (χ0) is 22.6. The smallest absolute Gasteiger partial charge is 0.253 e. The monoisotopic (exact) mass is 428 g/mol. The van der Waals surface area contributed by atoms with Crippen LogP contribution in [0.15, 0.2) is 36.9 Å². The van der Waals surface area contributed by atoms with E-state index >= 15 is 0 Å². The number of benzene rings is 1. The minimum Gasteiger partial charge on any atom is -0.378 e. The highest BCUT2D eigenvalue weighted by atomic mass is 16.5. The van der Waals surface area contributed by atoms with Gasteiger partial charge in [-0.2, -0.15) is 0 Å². The Bertz CT molecular complexity index is 693. The van der Waals surface area contributed by atoms with E-state index in [1.165, 1.54) is 26.2 Å². The molecule has 1 amide bonds. The number of carbonyl (C=O) groups excluding carboxylic acids is 2. The van der Waals surface area contributed by atoms with Gasteiger partial charge in [0.05, 0.1) is 6.10 Å². The first kappa shape index (κ1) is 25.3. The van der Waals surface area contributed by atoms with Crippen LogP contribution in [-0.2, 0) is 4.74 Å². The SMILES string of the molecule is C=CCN(C)CCCCCCOC1CCC(N(C)C(=O)c2ccc(C(C)=O)cc2)CC1. The third kappa shape index (κ3) is 8.58. The molecule has 1 saturated carbocycles. The van der Waals surface area contributed by atoms with E-state index in [2.05, 4.69) is 18.5 Å². The van der Waals surface area contributed by atoms with Crippen molar-refractivity contribution < 1.29 is 14.3 Å². The number of unbranched alkanes of at least 4 members (excludes halogenated alkanes) is 3. The van der Waals surface area contributed by atoms with Crippen LogP contribution in [-0.4, -0.2) is 67.4 Å². The highest BCUT2D eigenvalue weighted by Gasteiger charge is 2.27. The number of rotatable bonds is 13. The van der Waals surface area contributed by atoms with Crippen LogP contribution in [0.25, 0.3) is 0 Å². The van der Waals surface area contributed by atoms with E-state index in [1.807, 2.05) is 18.0 Å². The molecule has 1 aliphatic rings. The highest BCUT2D eigenvalue weighted by Crippen LogP contribution is 2.26. The van der Waals surface area contributed by atoms with Gasteiger partial charge < -0.3 is 14.5 Å². The molecule has 0 unspecified atom stereocenters. The van der Waals surface area contributed by atoms with Crippen LogP contribution in [0.2, 0.25) is 0 Å². The van der Waals surface area contributed by atoms with Gasteiger partial charge in [-0.15, -0.1) is 6.58 Å². The molecule has 0 atom stereocenters. The predicted octanol–water partition coefficient (Wildman–Crippen LogP) is 4.97. The summed E-state index contributed by atoms with van der Waals surface area (Å²) in [4.78, 5) is 28.4. The van der Waals surface area contributed by atoms with Crippen LogP contribution in [0, 0.1) is 0 Å². The topological polar surface area (TPSA) is 49.9 Å². The Morgan fingerprint density at radius 1 is 1.00 bits per heavy atom. The molecule has 0 aliphatic heterocycles. The largest absolute Gasteiger partial charge is 0.378 e. The van der Waals surface area contributed by atoms with Crippen molar-refractivity contribution in [3.63, 3.8) is 0 Å². The predicted molar refractivity (Wildman–Crippen MR) is 127 cm³/mol. The Morgan fingerprint density at radius 2 is 1.61 bits per heavy atom. The van der Waals surface area contributed by atoms with Crippen LogP contribution >= 0.6 is 0 Å². The lowest BCUT2D eigenvalue weighted by atomic mass is 9.91. The molecule has 0 bridgehead atoms. The molecule has 1 fully saturated rings. The highest BCUT2D eigenvalue weighted by molar-refractivity contribution is 5.97. The van der Waals surface area contributed by atoms with Gasteiger partial charge in [-0.3, -0.25) is 9.59 Å². The molecule has 1 aliphatic carbocycles. The first-order valence-electron chi connectivity index (χ1n) is 11.7. The summed E-state index contributed by atoms with van der Waals surface area (Å²) < 4.78 is 6.10. The number of carbonyl (C=O) groups is 2. The Hall–Kier alpha value is -1.98. The molecule has 5 nitrogen and oxygen atoms in total. The molecule has 1 aromatic carbocycles. The Balaban J connectivity index is 1.61. The summed E-state index contributed by atoms with van der Waals surface area (Å²) >= 11 is 0. The summed E-state index contributed by atoms with van der Waals surface area (Å²) in [7, 11) is 4.02. The average Bonchev–Trinajstić information content (AvgIpc) is 2.78. The minimum absolute atomic E-state index is 0.0156. The van der Waals surface area contributed by atoms with E-state index in [-0.39, 0.29) is 17.7 Å². The van der Waals surface area contributed by atoms with E-state index in [9.17, 15) is 9.59 Å². The second kappa shape index (κ2) is 13.4. The number of nitrogens with zero attached hydrogens (tertiary/aromatic N) is 2. The Kier molecular flexibility index (Phi) is 11.0. The molecule has 1 aromatic rings. The molecule has 0 N–H and O–H groups in total. The van der Waals surface area contributed by atoms with Crippen molar-refractivity contribution in [2.45, 2.75) is 70.4 Å². The molecule has 0 radical (unpaired) electrons. The van der Waals surface area contributed by atoms with Crippen LogP contribution in [0.1, 0.15) is 79.0 Å². The maximum Gasteiger partial charge on any atom is 0.253 e. The number of hydrogen-bond acceptors (Lipinski definition) is 4. The summed E-state index contributed by atoms with van der Waals surface area (Å²) in [6.45, 7) is 8.23. The summed E-state index contributed by atoms with van der Waals surface area (Å²) in [5, 5.41) is 0. The van der Waals surface area contributed by atoms with Gasteiger partial charge in [0.25, 0.3) is 5.91 Å². The number of likely N-dealkylation sites (N-methyl/N-ethyl adjacent to an activating group) is 1. The van der Waals surface area contributed by atoms with Crippen LogP contribution < -0.4 is 0 Å². The Morgan fingerprint density at radius 3 is 2.23 bits per heavy atom. The Labute approximate surface area is 188 Å². The van der Waals surface area contributed by atoms with Gasteiger partial charge >= 0.3 is 0 Å². The molecular weight excluding hydrogens is 388 g/mol. The maximum absolute atomic E-state index is 12.8. The van der Waals surface area contributed by atoms with E-state index in [0.717, 1.165) is 51.8 Å². The van der Waals surface area contributed by atoms with Crippen LogP contribution in [0.5, 0.6) is 0 Å². The van der Waals surface area contributed by atoms with Gasteiger partial charge in [-0.1, -0.05) is 31.1 Å². The van der Waals surface area contributed by atoms with Gasteiger partial charge in [0.15, 0.2) is 5.78 Å². The number of Topliss-reactive ketones (excluding diaryl/α,β-unsaturated/α-hetero) is 1. The van der Waals surface area contributed by atoms with Crippen molar-refractivity contribution in [1.82, 2.24) is 9.80 Å². The van der Waals surface area contributed by atoms with Crippen LogP contribution in [0.4, 0.5) is 0 Å². The van der Waals surface area contributed by atoms with Crippen molar-refractivity contribution in [2.24, 2.45) is 0 Å². The van der Waals surface area contributed by atoms with Crippen molar-refractivity contribution in [1.29, 1.82) is 0 Å². The summed E-state index contributed by atoms with van der Waals surface area (Å²) in [6.07, 6.45) is 11.1. The summed E-state index contributed by atoms with van der Waals surface area (Å²) in [5.41, 5.74) is 1.28. The fraction of sp³-hybridized carbons (Fsp3) is 0.615. The number of ether oxygens (including phenoxy) is 1. The molecular formula is C26H40N2O3. The molecule has 0 aromatic heterocycles. The third-order valence-electron chi connectivity index (χ3n) is 6.28. The lowest BCUT2D eigenvalue weighted by molar-refractivity contribution is 0.00908. The van der Waals surface area contributed by atoms with Crippen molar-refractivity contribution in [3.8, 4) is 0 Å². The van der Waals surface area contributed by atoms with Crippen molar-refractivity contribution >= 4 is 11.7 Å². The van der Waals surface area contributed by atoms with E-state index in [1.54, 1.807) is 24.3 Å². The fourth-order valence-corrected chi connectivity index (χ4v) is 4.22. The van der Waals surface area contributed by atoms with E-state index < -0.39 is 0 Å². The minimum atomic E-state index is 0.0156. The standard InChI is InChI=1S/C26H40N2O3/c1-5-18-27(3)19-8-6-7-9-20-31-25-16-14-24(15-17-25)28(4)26(30)23-12-10-22(11-13-23)21(2)29/h5,10-13,24-25H,1,6-9,14-20H2,2-4H3. The number of ketones is 1. The van der Waals surface area contributed by atoms with Gasteiger partial charge in [-0.25, -0.2) is 0 Å². The average molecular weight is 429 g/mol. The van der Waals surface area contributed by atoms with Crippen molar-refractivity contribution in [3.05, 3.63) is 48.0 Å². The molecule has 172 valence electrons. The zero-order valence-electron chi connectivity index (χ0n) is 19.6. The first-order chi connectivity index (χ1) is 14.9. The molecule has 31 heavy (non-hydrogen) atoms. The molecule has 5 heteroatoms. The molecule has 0 spiro atoms. The van der Waals surface area contributed by atoms with Gasteiger partial charge in [0, 0.05) is 37.4 Å². The lowest BCUT2D eigenvalue weighted by Crippen LogP contribution is -2.40. The van der Waals surface area contributed by atoms with Crippen LogP contribution in [0.3, 0.4) is 0 Å². The summed E-state index contributed by atoms with van der Waals surface area (Å²) in [6, 6.07) is 7.22. The second-order valence-electron chi connectivity index (χ2n) is 8.82. The number of amides is 1. The summed E-state index contributed by atoms with van der Waals surface area (Å²) in [5.74, 6) is 0.0417. The molecule has 0 heterocycles. The van der Waals surface area contributed by atoms with Gasteiger partial charge in [-0.05, 0) is 71.2 Å². The van der Waals surface area contributed by atoms with E-state index in [4.69, 9.17) is 4.74 Å². The van der Waals surface area contributed by atoms with Gasteiger partial charge in [0.1, 0.15) is 0 Å². The van der Waals surface area contributed by atoms with Crippen molar-refractivity contribution in [2.75, 3.05) is 33.8 Å². The molecule has 2 rings (SSSR count). The number of hydrogen-bond donors (Lipinski definition) is 0.